The van der Waals surface area contributed by atoms with Gasteiger partial charge in [-0.2, -0.15) is 5.10 Å². The van der Waals surface area contributed by atoms with Gasteiger partial charge in [0.05, 0.1) is 11.7 Å². The highest BCUT2D eigenvalue weighted by Gasteiger charge is 2.17. The molecule has 1 aromatic heterocycles. The molecule has 1 N–H and O–H groups in total. The van der Waals surface area contributed by atoms with Crippen LogP contribution in [0, 0.1) is 6.92 Å². The van der Waals surface area contributed by atoms with Crippen molar-refractivity contribution in [3.63, 3.8) is 0 Å². The second-order valence-corrected chi connectivity index (χ2v) is 4.79. The number of hydrogen-bond donors (Lipinski definition) is 1. The maximum Gasteiger partial charge on any atom is 0.0628 e. The van der Waals surface area contributed by atoms with Crippen LogP contribution >= 0.6 is 0 Å². The Bertz CT molecular complexity index is 322. The molecule has 0 spiro atoms. The van der Waals surface area contributed by atoms with Crippen molar-refractivity contribution in [1.82, 2.24) is 15.1 Å². The van der Waals surface area contributed by atoms with Gasteiger partial charge in [0.1, 0.15) is 0 Å². The Morgan fingerprint density at radius 2 is 2.07 bits per heavy atom. The third-order valence-corrected chi connectivity index (χ3v) is 3.26. The molecule has 1 fully saturated rings. The first-order valence-electron chi connectivity index (χ1n) is 5.95. The second-order valence-electron chi connectivity index (χ2n) is 4.79. The molecule has 0 aliphatic carbocycles. The maximum absolute atomic E-state index is 4.64. The zero-order valence-corrected chi connectivity index (χ0v) is 9.95. The van der Waals surface area contributed by atoms with Crippen LogP contribution < -0.4 is 5.32 Å². The molecule has 2 heterocycles. The van der Waals surface area contributed by atoms with Crippen molar-refractivity contribution in [2.24, 2.45) is 0 Å². The van der Waals surface area contributed by atoms with Gasteiger partial charge in [0.25, 0.3) is 0 Å². The summed E-state index contributed by atoms with van der Waals surface area (Å²) in [6.45, 7) is 8.83. The fourth-order valence-electron chi connectivity index (χ4n) is 2.32. The standard InChI is InChI=1S/C12H21N3/c1-9(2)12-8-15(14-10(12)3)11-4-6-13-7-5-11/h8-9,11,13H,4-7H2,1-3H3. The predicted octanol–water partition coefficient (Wildman–Crippen LogP) is 2.24. The van der Waals surface area contributed by atoms with E-state index >= 15 is 0 Å². The van der Waals surface area contributed by atoms with E-state index in [1.165, 1.54) is 24.1 Å². The molecule has 1 aliphatic rings. The van der Waals surface area contributed by atoms with E-state index in [2.05, 4.69) is 42.1 Å². The average molecular weight is 207 g/mol. The van der Waals surface area contributed by atoms with Crippen molar-refractivity contribution < 1.29 is 0 Å². The van der Waals surface area contributed by atoms with Crippen molar-refractivity contribution in [3.05, 3.63) is 17.5 Å². The maximum atomic E-state index is 4.64. The van der Waals surface area contributed by atoms with Crippen molar-refractivity contribution >= 4 is 0 Å². The number of nitrogens with zero attached hydrogens (tertiary/aromatic N) is 2. The predicted molar refractivity (Wildman–Crippen MR) is 62.2 cm³/mol. The highest BCUT2D eigenvalue weighted by molar-refractivity contribution is 5.19. The van der Waals surface area contributed by atoms with Crippen LogP contribution in [-0.2, 0) is 0 Å². The van der Waals surface area contributed by atoms with E-state index in [-0.39, 0.29) is 0 Å². The number of piperidine rings is 1. The fraction of sp³-hybridized carbons (Fsp3) is 0.750. The van der Waals surface area contributed by atoms with Crippen LogP contribution in [0.15, 0.2) is 6.20 Å². The molecule has 84 valence electrons. The van der Waals surface area contributed by atoms with Crippen LogP contribution in [0.1, 0.15) is 49.9 Å². The van der Waals surface area contributed by atoms with E-state index in [0.29, 0.717) is 12.0 Å². The topological polar surface area (TPSA) is 29.9 Å². The van der Waals surface area contributed by atoms with Gasteiger partial charge in [0, 0.05) is 6.20 Å². The number of hydrogen-bond acceptors (Lipinski definition) is 2. The summed E-state index contributed by atoms with van der Waals surface area (Å²) in [5.74, 6) is 0.584. The Balaban J connectivity index is 2.17. The van der Waals surface area contributed by atoms with Crippen LogP contribution in [0.4, 0.5) is 0 Å². The minimum Gasteiger partial charge on any atom is -0.317 e. The summed E-state index contributed by atoms with van der Waals surface area (Å²) in [4.78, 5) is 0. The van der Waals surface area contributed by atoms with Gasteiger partial charge in [0.15, 0.2) is 0 Å². The van der Waals surface area contributed by atoms with E-state index in [9.17, 15) is 0 Å². The van der Waals surface area contributed by atoms with Crippen LogP contribution in [0.25, 0.3) is 0 Å². The summed E-state index contributed by atoms with van der Waals surface area (Å²) in [6, 6.07) is 0.609. The van der Waals surface area contributed by atoms with Gasteiger partial charge in [-0.3, -0.25) is 4.68 Å². The molecule has 0 saturated carbocycles. The molecule has 2 rings (SSSR count). The first-order valence-corrected chi connectivity index (χ1v) is 5.95. The highest BCUT2D eigenvalue weighted by Crippen LogP contribution is 2.23. The van der Waals surface area contributed by atoms with Gasteiger partial charge < -0.3 is 5.32 Å². The second kappa shape index (κ2) is 4.35. The Kier molecular flexibility index (Phi) is 3.10. The number of aryl methyl sites for hydroxylation is 1. The minimum absolute atomic E-state index is 0.584. The molecule has 0 amide bonds. The normalized spacial score (nSPS) is 18.7. The van der Waals surface area contributed by atoms with Gasteiger partial charge in [-0.1, -0.05) is 13.8 Å². The van der Waals surface area contributed by atoms with E-state index in [0.717, 1.165) is 13.1 Å². The highest BCUT2D eigenvalue weighted by atomic mass is 15.3. The molecule has 0 radical (unpaired) electrons. The Morgan fingerprint density at radius 1 is 1.40 bits per heavy atom. The molecule has 3 heteroatoms. The van der Waals surface area contributed by atoms with Gasteiger partial charge in [-0.25, -0.2) is 0 Å². The molecule has 1 saturated heterocycles. The van der Waals surface area contributed by atoms with Gasteiger partial charge in [-0.05, 0) is 44.3 Å². The van der Waals surface area contributed by atoms with Crippen LogP contribution in [0.5, 0.6) is 0 Å². The van der Waals surface area contributed by atoms with Crippen molar-refractivity contribution in [1.29, 1.82) is 0 Å². The summed E-state index contributed by atoms with van der Waals surface area (Å²) < 4.78 is 2.19. The largest absolute Gasteiger partial charge is 0.317 e. The Hall–Kier alpha value is -0.830. The van der Waals surface area contributed by atoms with E-state index in [1.807, 2.05) is 0 Å². The number of nitrogens with one attached hydrogen (secondary N) is 1. The van der Waals surface area contributed by atoms with Crippen molar-refractivity contribution in [2.75, 3.05) is 13.1 Å². The van der Waals surface area contributed by atoms with Gasteiger partial charge in [-0.15, -0.1) is 0 Å². The van der Waals surface area contributed by atoms with E-state index < -0.39 is 0 Å². The molecule has 1 aliphatic heterocycles. The van der Waals surface area contributed by atoms with Crippen LogP contribution in [0.3, 0.4) is 0 Å². The molecule has 15 heavy (non-hydrogen) atoms. The molecular weight excluding hydrogens is 186 g/mol. The molecule has 0 bridgehead atoms. The monoisotopic (exact) mass is 207 g/mol. The molecule has 0 unspecified atom stereocenters. The Morgan fingerprint density at radius 3 is 2.60 bits per heavy atom. The molecule has 3 nitrogen and oxygen atoms in total. The first kappa shape index (κ1) is 10.7. The fourth-order valence-corrected chi connectivity index (χ4v) is 2.32. The number of aromatic nitrogens is 2. The summed E-state index contributed by atoms with van der Waals surface area (Å²) in [5, 5.41) is 8.03. The quantitative estimate of drug-likeness (QED) is 0.806. The van der Waals surface area contributed by atoms with Crippen molar-refractivity contribution in [2.45, 2.75) is 45.6 Å². The lowest BCUT2D eigenvalue weighted by molar-refractivity contribution is 0.342. The lowest BCUT2D eigenvalue weighted by atomic mass is 10.0. The molecule has 0 aromatic carbocycles. The van der Waals surface area contributed by atoms with Crippen LogP contribution in [0.2, 0.25) is 0 Å². The smallest absolute Gasteiger partial charge is 0.0628 e. The zero-order chi connectivity index (χ0) is 10.8. The molecule has 1 aromatic rings. The third kappa shape index (κ3) is 2.23. The summed E-state index contributed by atoms with van der Waals surface area (Å²) in [5.41, 5.74) is 2.59. The number of rotatable bonds is 2. The van der Waals surface area contributed by atoms with E-state index in [4.69, 9.17) is 0 Å². The average Bonchev–Trinajstić information content (AvgIpc) is 2.62. The minimum atomic E-state index is 0.584. The first-order chi connectivity index (χ1) is 7.18. The third-order valence-electron chi connectivity index (χ3n) is 3.26. The summed E-state index contributed by atoms with van der Waals surface area (Å²) in [7, 11) is 0. The van der Waals surface area contributed by atoms with Gasteiger partial charge in [0.2, 0.25) is 0 Å². The molecule has 0 atom stereocenters. The lowest BCUT2D eigenvalue weighted by Crippen LogP contribution is -2.29. The SMILES string of the molecule is Cc1nn(C2CCNCC2)cc1C(C)C. The van der Waals surface area contributed by atoms with Crippen LogP contribution in [-0.4, -0.2) is 22.9 Å². The molecular formula is C12H21N3. The zero-order valence-electron chi connectivity index (χ0n) is 9.95. The van der Waals surface area contributed by atoms with Gasteiger partial charge >= 0.3 is 0 Å². The summed E-state index contributed by atoms with van der Waals surface area (Å²) >= 11 is 0. The Labute approximate surface area is 91.9 Å². The van der Waals surface area contributed by atoms with E-state index in [1.54, 1.807) is 0 Å². The summed E-state index contributed by atoms with van der Waals surface area (Å²) in [6.07, 6.45) is 4.66. The lowest BCUT2D eigenvalue weighted by Gasteiger charge is -2.22. The van der Waals surface area contributed by atoms with Crippen molar-refractivity contribution in [3.8, 4) is 0 Å².